The van der Waals surface area contributed by atoms with Crippen LogP contribution in [0.15, 0.2) is 48.5 Å². The maximum Gasteiger partial charge on any atom is 0.122 e. The van der Waals surface area contributed by atoms with E-state index < -0.39 is 0 Å². The third kappa shape index (κ3) is 3.01. The van der Waals surface area contributed by atoms with Crippen LogP contribution in [0, 0.1) is 5.41 Å². The lowest BCUT2D eigenvalue weighted by Crippen LogP contribution is -2.11. The Morgan fingerprint density at radius 1 is 1.17 bits per heavy atom. The van der Waals surface area contributed by atoms with Crippen LogP contribution in [0.3, 0.4) is 0 Å². The number of nitrogens with two attached hydrogens (primary N) is 1. The van der Waals surface area contributed by atoms with Crippen molar-refractivity contribution in [1.82, 2.24) is 0 Å². The predicted molar refractivity (Wildman–Crippen MR) is 72.9 cm³/mol. The summed E-state index contributed by atoms with van der Waals surface area (Å²) in [5.41, 5.74) is 8.12. The molecule has 0 aromatic heterocycles. The van der Waals surface area contributed by atoms with Gasteiger partial charge in [-0.25, -0.2) is 0 Å². The molecular formula is C14H15N3O. The molecule has 2 aromatic carbocycles. The molecule has 0 heterocycles. The smallest absolute Gasteiger partial charge is 0.122 e. The Hall–Kier alpha value is -2.49. The first kappa shape index (κ1) is 12.0. The first-order valence-electron chi connectivity index (χ1n) is 5.61. The van der Waals surface area contributed by atoms with Gasteiger partial charge in [-0.15, -0.1) is 0 Å². The summed E-state index contributed by atoms with van der Waals surface area (Å²) in [5, 5.41) is 19.8. The van der Waals surface area contributed by atoms with Crippen molar-refractivity contribution in [2.45, 2.75) is 6.54 Å². The summed E-state index contributed by atoms with van der Waals surface area (Å²) in [7, 11) is 0. The minimum absolute atomic E-state index is 0.0586. The molecule has 0 bridgehead atoms. The molecule has 0 aliphatic rings. The molecule has 4 heteroatoms. The average Bonchev–Trinajstić information content (AvgIpc) is 2.38. The molecule has 92 valence electrons. The lowest BCUT2D eigenvalue weighted by Gasteiger charge is -2.08. The molecular weight excluding hydrogens is 226 g/mol. The Kier molecular flexibility index (Phi) is 3.48. The Morgan fingerprint density at radius 2 is 1.89 bits per heavy atom. The summed E-state index contributed by atoms with van der Waals surface area (Å²) < 4.78 is 0. The molecule has 0 saturated heterocycles. The molecule has 0 fully saturated rings. The van der Waals surface area contributed by atoms with Crippen molar-refractivity contribution in [1.29, 1.82) is 5.41 Å². The van der Waals surface area contributed by atoms with Crippen molar-refractivity contribution >= 4 is 11.5 Å². The van der Waals surface area contributed by atoms with Crippen molar-refractivity contribution in [2.75, 3.05) is 5.32 Å². The topological polar surface area (TPSA) is 82.1 Å². The summed E-state index contributed by atoms with van der Waals surface area (Å²) in [6, 6.07) is 14.4. The number of hydrogen-bond acceptors (Lipinski definition) is 3. The molecule has 18 heavy (non-hydrogen) atoms. The van der Waals surface area contributed by atoms with Crippen LogP contribution in [0.2, 0.25) is 0 Å². The summed E-state index contributed by atoms with van der Waals surface area (Å²) >= 11 is 0. The first-order valence-corrected chi connectivity index (χ1v) is 5.61. The van der Waals surface area contributed by atoms with Gasteiger partial charge in [0.15, 0.2) is 0 Å². The minimum Gasteiger partial charge on any atom is -0.508 e. The second-order valence-electron chi connectivity index (χ2n) is 4.01. The molecule has 0 unspecified atom stereocenters. The lowest BCUT2D eigenvalue weighted by atomic mass is 10.1. The van der Waals surface area contributed by atoms with Crippen molar-refractivity contribution in [2.24, 2.45) is 5.73 Å². The fourth-order valence-electron chi connectivity index (χ4n) is 1.61. The van der Waals surface area contributed by atoms with Gasteiger partial charge in [0.1, 0.15) is 11.6 Å². The highest BCUT2D eigenvalue weighted by atomic mass is 16.3. The fraction of sp³-hybridized carbons (Fsp3) is 0.0714. The van der Waals surface area contributed by atoms with Crippen molar-refractivity contribution < 1.29 is 5.11 Å². The third-order valence-corrected chi connectivity index (χ3v) is 2.61. The van der Waals surface area contributed by atoms with Crippen molar-refractivity contribution in [3.8, 4) is 5.75 Å². The lowest BCUT2D eigenvalue weighted by molar-refractivity contribution is 0.475. The molecule has 0 aliphatic heterocycles. The Bertz CT molecular complexity index is 549. The van der Waals surface area contributed by atoms with Crippen molar-refractivity contribution in [3.05, 3.63) is 59.7 Å². The number of nitrogens with one attached hydrogen (secondary N) is 2. The molecule has 0 spiro atoms. The molecule has 0 atom stereocenters. The number of anilines is 1. The van der Waals surface area contributed by atoms with Crippen LogP contribution >= 0.6 is 0 Å². The van der Waals surface area contributed by atoms with Gasteiger partial charge >= 0.3 is 0 Å². The van der Waals surface area contributed by atoms with E-state index in [0.717, 1.165) is 11.3 Å². The highest BCUT2D eigenvalue weighted by Gasteiger charge is 1.98. The molecule has 0 aliphatic carbocycles. The van der Waals surface area contributed by atoms with Gasteiger partial charge < -0.3 is 16.2 Å². The van der Waals surface area contributed by atoms with Gasteiger partial charge in [-0.1, -0.05) is 24.3 Å². The Morgan fingerprint density at radius 3 is 2.56 bits per heavy atom. The van der Waals surface area contributed by atoms with Gasteiger partial charge in [0.25, 0.3) is 0 Å². The summed E-state index contributed by atoms with van der Waals surface area (Å²) in [4.78, 5) is 0. The van der Waals surface area contributed by atoms with Gasteiger partial charge in [0, 0.05) is 17.8 Å². The van der Waals surface area contributed by atoms with E-state index in [2.05, 4.69) is 5.32 Å². The highest BCUT2D eigenvalue weighted by Crippen LogP contribution is 2.14. The summed E-state index contributed by atoms with van der Waals surface area (Å²) in [6.45, 7) is 0.654. The Balaban J connectivity index is 2.04. The zero-order valence-electron chi connectivity index (χ0n) is 9.85. The van der Waals surface area contributed by atoms with Crippen molar-refractivity contribution in [3.63, 3.8) is 0 Å². The normalized spacial score (nSPS) is 10.0. The third-order valence-electron chi connectivity index (χ3n) is 2.61. The van der Waals surface area contributed by atoms with Gasteiger partial charge in [0.05, 0.1) is 0 Å². The van der Waals surface area contributed by atoms with E-state index in [4.69, 9.17) is 11.1 Å². The SMILES string of the molecule is N=C(N)c1cccc(NCc2ccc(O)cc2)c1. The molecule has 2 aromatic rings. The minimum atomic E-state index is 0.0586. The van der Waals surface area contributed by atoms with Gasteiger partial charge in [-0.2, -0.15) is 0 Å². The van der Waals surface area contributed by atoms with Crippen LogP contribution in [0.25, 0.3) is 0 Å². The van der Waals surface area contributed by atoms with Crippen LogP contribution < -0.4 is 11.1 Å². The average molecular weight is 241 g/mol. The van der Waals surface area contributed by atoms with Gasteiger partial charge in [0.2, 0.25) is 0 Å². The molecule has 5 N–H and O–H groups in total. The second kappa shape index (κ2) is 5.23. The van der Waals surface area contributed by atoms with Crippen LogP contribution in [0.1, 0.15) is 11.1 Å². The number of amidine groups is 1. The molecule has 0 amide bonds. The van der Waals surface area contributed by atoms with Gasteiger partial charge in [-0.3, -0.25) is 5.41 Å². The van der Waals surface area contributed by atoms with Crippen LogP contribution in [-0.2, 0) is 6.54 Å². The highest BCUT2D eigenvalue weighted by molar-refractivity contribution is 5.95. The maximum absolute atomic E-state index is 9.18. The second-order valence-corrected chi connectivity index (χ2v) is 4.01. The van der Waals surface area contributed by atoms with Crippen LogP contribution in [0.4, 0.5) is 5.69 Å². The van der Waals surface area contributed by atoms with E-state index in [0.29, 0.717) is 12.1 Å². The zero-order valence-corrected chi connectivity index (χ0v) is 9.85. The van der Waals surface area contributed by atoms with E-state index in [9.17, 15) is 5.11 Å². The number of nitrogen functional groups attached to an aromatic ring is 1. The van der Waals surface area contributed by atoms with Crippen LogP contribution in [-0.4, -0.2) is 10.9 Å². The van der Waals surface area contributed by atoms with Crippen LogP contribution in [0.5, 0.6) is 5.75 Å². The number of rotatable bonds is 4. The maximum atomic E-state index is 9.18. The summed E-state index contributed by atoms with van der Waals surface area (Å²) in [5.74, 6) is 0.320. The zero-order chi connectivity index (χ0) is 13.0. The number of phenols is 1. The number of benzene rings is 2. The monoisotopic (exact) mass is 241 g/mol. The van der Waals surface area contributed by atoms with E-state index in [1.54, 1.807) is 18.2 Å². The molecule has 0 saturated carbocycles. The first-order chi connectivity index (χ1) is 8.65. The largest absolute Gasteiger partial charge is 0.508 e. The predicted octanol–water partition coefficient (Wildman–Crippen LogP) is 2.29. The van der Waals surface area contributed by atoms with Gasteiger partial charge in [-0.05, 0) is 29.8 Å². The summed E-state index contributed by atoms with van der Waals surface area (Å²) in [6.07, 6.45) is 0. The van der Waals surface area contributed by atoms with E-state index in [1.165, 1.54) is 0 Å². The number of aromatic hydroxyl groups is 1. The van der Waals surface area contributed by atoms with E-state index >= 15 is 0 Å². The number of hydrogen-bond donors (Lipinski definition) is 4. The quantitative estimate of drug-likeness (QED) is 0.489. The van der Waals surface area contributed by atoms with E-state index in [1.807, 2.05) is 30.3 Å². The molecule has 4 nitrogen and oxygen atoms in total. The molecule has 2 rings (SSSR count). The standard InChI is InChI=1S/C14H15N3O/c15-14(16)11-2-1-3-12(8-11)17-9-10-4-6-13(18)7-5-10/h1-8,17-18H,9H2,(H3,15,16). The molecule has 0 radical (unpaired) electrons. The fourth-order valence-corrected chi connectivity index (χ4v) is 1.61. The number of phenolic OH excluding ortho intramolecular Hbond substituents is 1. The Labute approximate surface area is 106 Å². The van der Waals surface area contributed by atoms with E-state index in [-0.39, 0.29) is 11.6 Å².